The zero-order chi connectivity index (χ0) is 23.7. The van der Waals surface area contributed by atoms with Crippen molar-refractivity contribution >= 4 is 34.9 Å². The van der Waals surface area contributed by atoms with Crippen LogP contribution in [-0.4, -0.2) is 35.9 Å². The monoisotopic (exact) mass is 462 g/mol. The third kappa shape index (κ3) is 6.87. The maximum atomic E-state index is 13.4. The van der Waals surface area contributed by atoms with Gasteiger partial charge in [-0.15, -0.1) is 0 Å². The third-order valence-electron chi connectivity index (χ3n) is 4.94. The van der Waals surface area contributed by atoms with E-state index in [-0.39, 0.29) is 23.3 Å². The minimum absolute atomic E-state index is 0.00320. The quantitative estimate of drug-likeness (QED) is 0.478. The Balaban J connectivity index is 0.000000837. The van der Waals surface area contributed by atoms with Crippen molar-refractivity contribution in [3.63, 3.8) is 0 Å². The van der Waals surface area contributed by atoms with Gasteiger partial charge in [-0.3, -0.25) is 14.4 Å². The summed E-state index contributed by atoms with van der Waals surface area (Å²) in [4.78, 5) is 38.6. The number of rotatable bonds is 7. The Morgan fingerprint density at radius 1 is 1.22 bits per heavy atom. The molecule has 2 aromatic rings. The summed E-state index contributed by atoms with van der Waals surface area (Å²) in [6.07, 6.45) is 1.63. The molecule has 1 aliphatic rings. The first-order valence-electron chi connectivity index (χ1n) is 10.6. The highest BCUT2D eigenvalue weighted by Gasteiger charge is 2.37. The van der Waals surface area contributed by atoms with E-state index >= 15 is 0 Å². The Bertz CT molecular complexity index is 945. The Morgan fingerprint density at radius 3 is 2.56 bits per heavy atom. The molecule has 0 radical (unpaired) electrons. The van der Waals surface area contributed by atoms with Gasteiger partial charge in [-0.1, -0.05) is 37.6 Å². The molecule has 2 amide bonds. The van der Waals surface area contributed by atoms with E-state index in [1.807, 2.05) is 6.92 Å². The minimum Gasteiger partial charge on any atom is -0.396 e. The molecule has 3 rings (SSSR count). The largest absolute Gasteiger partial charge is 0.396 e. The molecule has 32 heavy (non-hydrogen) atoms. The standard InChI is InChI=1S/C21H20ClFN2O3.C3H8O/c1-2-19(26)14-4-3-5-17(10-14)25-7-6-18(21(25)28)20(27)24-12-13-8-15(22)11-16(23)9-13;1-2-3-4/h3-5,8-11,18H,2,6-7,12H2,1H3,(H,24,27);4H,2-3H2,1H3. The Morgan fingerprint density at radius 2 is 1.94 bits per heavy atom. The number of hydrogen-bond acceptors (Lipinski definition) is 4. The summed E-state index contributed by atoms with van der Waals surface area (Å²) in [6.45, 7) is 4.51. The fraction of sp³-hybridized carbons (Fsp3) is 0.375. The average Bonchev–Trinajstić information content (AvgIpc) is 3.18. The molecule has 0 bridgehead atoms. The second kappa shape index (κ2) is 12.3. The van der Waals surface area contributed by atoms with Crippen molar-refractivity contribution in [2.24, 2.45) is 5.92 Å². The van der Waals surface area contributed by atoms with Gasteiger partial charge in [0.05, 0.1) is 0 Å². The maximum Gasteiger partial charge on any atom is 0.239 e. The topological polar surface area (TPSA) is 86.7 Å². The first kappa shape index (κ1) is 25.5. The molecule has 0 aromatic heterocycles. The van der Waals surface area contributed by atoms with Crippen LogP contribution in [0.2, 0.25) is 5.02 Å². The van der Waals surface area contributed by atoms with Crippen LogP contribution in [0.5, 0.6) is 0 Å². The lowest BCUT2D eigenvalue weighted by Gasteiger charge is -2.17. The van der Waals surface area contributed by atoms with Crippen LogP contribution >= 0.6 is 11.6 Å². The summed E-state index contributed by atoms with van der Waals surface area (Å²) in [7, 11) is 0. The van der Waals surface area contributed by atoms with Crippen LogP contribution in [0.25, 0.3) is 0 Å². The van der Waals surface area contributed by atoms with Crippen molar-refractivity contribution in [3.05, 3.63) is 64.4 Å². The van der Waals surface area contributed by atoms with Gasteiger partial charge in [0, 0.05) is 42.4 Å². The number of aliphatic hydroxyl groups excluding tert-OH is 1. The summed E-state index contributed by atoms with van der Waals surface area (Å²) >= 11 is 5.81. The smallest absolute Gasteiger partial charge is 0.239 e. The van der Waals surface area contributed by atoms with E-state index in [1.165, 1.54) is 17.0 Å². The number of anilines is 1. The lowest BCUT2D eigenvalue weighted by Crippen LogP contribution is -2.36. The molecule has 172 valence electrons. The number of aliphatic hydroxyl groups is 1. The number of hydrogen-bond donors (Lipinski definition) is 2. The molecule has 0 saturated carbocycles. The van der Waals surface area contributed by atoms with Crippen LogP contribution in [0.4, 0.5) is 10.1 Å². The van der Waals surface area contributed by atoms with E-state index in [1.54, 1.807) is 37.3 Å². The van der Waals surface area contributed by atoms with Crippen LogP contribution in [0.3, 0.4) is 0 Å². The zero-order valence-electron chi connectivity index (χ0n) is 18.2. The van der Waals surface area contributed by atoms with Gasteiger partial charge in [-0.05, 0) is 48.7 Å². The Labute approximate surface area is 192 Å². The second-order valence-electron chi connectivity index (χ2n) is 7.38. The molecular weight excluding hydrogens is 435 g/mol. The van der Waals surface area contributed by atoms with Crippen molar-refractivity contribution in [2.75, 3.05) is 18.1 Å². The number of ketones is 1. The van der Waals surface area contributed by atoms with Crippen LogP contribution in [-0.2, 0) is 16.1 Å². The molecule has 1 aliphatic heterocycles. The highest BCUT2D eigenvalue weighted by atomic mass is 35.5. The second-order valence-corrected chi connectivity index (χ2v) is 7.81. The van der Waals surface area contributed by atoms with Crippen LogP contribution in [0.15, 0.2) is 42.5 Å². The van der Waals surface area contributed by atoms with Gasteiger partial charge in [0.1, 0.15) is 11.7 Å². The van der Waals surface area contributed by atoms with Crippen LogP contribution < -0.4 is 10.2 Å². The Hall–Kier alpha value is -2.77. The van der Waals surface area contributed by atoms with Crippen molar-refractivity contribution < 1.29 is 23.9 Å². The minimum atomic E-state index is -0.811. The molecule has 0 aliphatic carbocycles. The fourth-order valence-electron chi connectivity index (χ4n) is 3.26. The average molecular weight is 463 g/mol. The number of carbonyl (C=O) groups excluding carboxylic acids is 3. The lowest BCUT2D eigenvalue weighted by molar-refractivity contribution is -0.132. The first-order chi connectivity index (χ1) is 15.3. The fourth-order valence-corrected chi connectivity index (χ4v) is 3.50. The van der Waals surface area contributed by atoms with Crippen LogP contribution in [0, 0.1) is 11.7 Å². The molecule has 2 N–H and O–H groups in total. The lowest BCUT2D eigenvalue weighted by atomic mass is 10.1. The summed E-state index contributed by atoms with van der Waals surface area (Å²) in [6, 6.07) is 10.9. The highest BCUT2D eigenvalue weighted by Crippen LogP contribution is 2.26. The van der Waals surface area contributed by atoms with Gasteiger partial charge in [-0.2, -0.15) is 0 Å². The molecular formula is C24H28ClFN2O4. The highest BCUT2D eigenvalue weighted by molar-refractivity contribution is 6.30. The van der Waals surface area contributed by atoms with Gasteiger partial charge >= 0.3 is 0 Å². The summed E-state index contributed by atoms with van der Waals surface area (Å²) in [5, 5.41) is 10.8. The predicted octanol–water partition coefficient (Wildman–Crippen LogP) is 4.13. The van der Waals surface area contributed by atoms with Crippen molar-refractivity contribution in [1.29, 1.82) is 0 Å². The summed E-state index contributed by atoms with van der Waals surface area (Å²) in [5.74, 6) is -2.02. The first-order valence-corrected chi connectivity index (χ1v) is 11.0. The van der Waals surface area contributed by atoms with Crippen molar-refractivity contribution in [3.8, 4) is 0 Å². The van der Waals surface area contributed by atoms with Gasteiger partial charge in [0.15, 0.2) is 5.78 Å². The summed E-state index contributed by atoms with van der Waals surface area (Å²) < 4.78 is 13.4. The number of nitrogens with one attached hydrogen (secondary N) is 1. The van der Waals surface area contributed by atoms with E-state index in [9.17, 15) is 18.8 Å². The predicted molar refractivity (Wildman–Crippen MR) is 122 cm³/mol. The third-order valence-corrected chi connectivity index (χ3v) is 5.15. The van der Waals surface area contributed by atoms with E-state index in [0.29, 0.717) is 42.8 Å². The summed E-state index contributed by atoms with van der Waals surface area (Å²) in [5.41, 5.74) is 1.67. The SMILES string of the molecule is CCC(=O)c1cccc(N2CCC(C(=O)NCc3cc(F)cc(Cl)c3)C2=O)c1.CCCO. The van der Waals surface area contributed by atoms with E-state index in [4.69, 9.17) is 16.7 Å². The van der Waals surface area contributed by atoms with E-state index < -0.39 is 17.6 Å². The molecule has 1 heterocycles. The number of benzene rings is 2. The molecule has 2 aromatic carbocycles. The number of nitrogens with zero attached hydrogens (tertiary/aromatic N) is 1. The number of Topliss-reactive ketones (excluding diaryl/α,β-unsaturated/α-hetero) is 1. The molecule has 1 fully saturated rings. The molecule has 0 spiro atoms. The van der Waals surface area contributed by atoms with E-state index in [2.05, 4.69) is 5.32 Å². The van der Waals surface area contributed by atoms with Gasteiger partial charge < -0.3 is 15.3 Å². The van der Waals surface area contributed by atoms with Crippen molar-refractivity contribution in [1.82, 2.24) is 5.32 Å². The van der Waals surface area contributed by atoms with E-state index in [0.717, 1.165) is 6.42 Å². The molecule has 1 saturated heterocycles. The maximum absolute atomic E-state index is 13.4. The zero-order valence-corrected chi connectivity index (χ0v) is 19.0. The van der Waals surface area contributed by atoms with Gasteiger partial charge in [-0.25, -0.2) is 4.39 Å². The Kier molecular flexibility index (Phi) is 9.81. The molecule has 8 heteroatoms. The number of carbonyl (C=O) groups is 3. The number of amides is 2. The molecule has 1 unspecified atom stereocenters. The van der Waals surface area contributed by atoms with Gasteiger partial charge in [0.25, 0.3) is 0 Å². The molecule has 1 atom stereocenters. The molecule has 6 nitrogen and oxygen atoms in total. The van der Waals surface area contributed by atoms with Crippen LogP contribution in [0.1, 0.15) is 49.0 Å². The normalized spacial score (nSPS) is 15.2. The van der Waals surface area contributed by atoms with Gasteiger partial charge in [0.2, 0.25) is 11.8 Å². The number of halogens is 2. The van der Waals surface area contributed by atoms with Crippen molar-refractivity contribution in [2.45, 2.75) is 39.7 Å².